The fourth-order valence-corrected chi connectivity index (χ4v) is 1.55. The second kappa shape index (κ2) is 6.47. The minimum atomic E-state index is -0.994. The van der Waals surface area contributed by atoms with Crippen LogP contribution >= 0.6 is 11.6 Å². The second-order valence-electron chi connectivity index (χ2n) is 3.96. The summed E-state index contributed by atoms with van der Waals surface area (Å²) < 4.78 is 5.47. The highest BCUT2D eigenvalue weighted by Crippen LogP contribution is 2.25. The normalized spacial score (nSPS) is 10.6. The van der Waals surface area contributed by atoms with Crippen molar-refractivity contribution in [1.29, 1.82) is 0 Å². The van der Waals surface area contributed by atoms with Gasteiger partial charge in [0.25, 0.3) is 0 Å². The number of nitrogens with zero attached hydrogens (tertiary/aromatic N) is 1. The van der Waals surface area contributed by atoms with Crippen molar-refractivity contribution in [1.82, 2.24) is 4.90 Å². The molecule has 0 fully saturated rings. The van der Waals surface area contributed by atoms with Gasteiger partial charge in [0, 0.05) is 6.54 Å². The molecule has 94 valence electrons. The summed E-state index contributed by atoms with van der Waals surface area (Å²) in [5.41, 5.74) is 0.163. The Morgan fingerprint density at radius 2 is 2.18 bits per heavy atom. The Morgan fingerprint density at radius 1 is 1.47 bits per heavy atom. The standard InChI is InChI=1S/C12H16ClNO3/c1-14(2)6-3-7-17-11-5-4-9(12(15)16)8-10(11)13/h4-5,8H,3,6-7H2,1-2H3,(H,15,16). The summed E-state index contributed by atoms with van der Waals surface area (Å²) in [7, 11) is 3.99. The lowest BCUT2D eigenvalue weighted by molar-refractivity contribution is 0.0697. The van der Waals surface area contributed by atoms with Crippen LogP contribution in [0.2, 0.25) is 5.02 Å². The largest absolute Gasteiger partial charge is 0.492 e. The summed E-state index contributed by atoms with van der Waals surface area (Å²) in [5.74, 6) is -0.471. The summed E-state index contributed by atoms with van der Waals surface area (Å²) in [6.45, 7) is 1.50. The molecule has 0 aromatic heterocycles. The van der Waals surface area contributed by atoms with Crippen molar-refractivity contribution in [2.75, 3.05) is 27.2 Å². The number of hydrogen-bond donors (Lipinski definition) is 1. The lowest BCUT2D eigenvalue weighted by Gasteiger charge is -2.11. The van der Waals surface area contributed by atoms with Crippen LogP contribution in [-0.2, 0) is 0 Å². The van der Waals surface area contributed by atoms with Gasteiger partial charge >= 0.3 is 5.97 Å². The average Bonchev–Trinajstić information content (AvgIpc) is 2.25. The summed E-state index contributed by atoms with van der Waals surface area (Å²) in [5, 5.41) is 9.10. The van der Waals surface area contributed by atoms with Gasteiger partial charge in [-0.05, 0) is 38.7 Å². The van der Waals surface area contributed by atoms with E-state index < -0.39 is 5.97 Å². The number of carboxylic acid groups (broad SMARTS) is 1. The summed E-state index contributed by atoms with van der Waals surface area (Å²) in [6, 6.07) is 4.46. The first-order chi connectivity index (χ1) is 8.00. The fraction of sp³-hybridized carbons (Fsp3) is 0.417. The Balaban J connectivity index is 2.52. The van der Waals surface area contributed by atoms with Gasteiger partial charge in [-0.1, -0.05) is 11.6 Å². The molecule has 17 heavy (non-hydrogen) atoms. The van der Waals surface area contributed by atoms with Crippen molar-refractivity contribution in [3.8, 4) is 5.75 Å². The van der Waals surface area contributed by atoms with E-state index in [9.17, 15) is 4.79 Å². The van der Waals surface area contributed by atoms with Crippen molar-refractivity contribution in [3.05, 3.63) is 28.8 Å². The van der Waals surface area contributed by atoms with Gasteiger partial charge in [0.2, 0.25) is 0 Å². The maximum Gasteiger partial charge on any atom is 0.335 e. The monoisotopic (exact) mass is 257 g/mol. The van der Waals surface area contributed by atoms with E-state index in [1.54, 1.807) is 6.07 Å². The van der Waals surface area contributed by atoms with Gasteiger partial charge in [-0.15, -0.1) is 0 Å². The lowest BCUT2D eigenvalue weighted by atomic mass is 10.2. The van der Waals surface area contributed by atoms with Crippen LogP contribution in [0.4, 0.5) is 0 Å². The Kier molecular flexibility index (Phi) is 5.25. The molecule has 1 rings (SSSR count). The molecule has 0 radical (unpaired) electrons. The van der Waals surface area contributed by atoms with Crippen molar-refractivity contribution < 1.29 is 14.6 Å². The number of benzene rings is 1. The first-order valence-electron chi connectivity index (χ1n) is 5.31. The molecule has 0 unspecified atom stereocenters. The van der Waals surface area contributed by atoms with E-state index in [1.165, 1.54) is 12.1 Å². The van der Waals surface area contributed by atoms with E-state index in [0.29, 0.717) is 17.4 Å². The summed E-state index contributed by atoms with van der Waals surface area (Å²) >= 11 is 5.92. The molecule has 1 aromatic rings. The number of halogens is 1. The Labute approximate surface area is 106 Å². The molecule has 4 nitrogen and oxygen atoms in total. The highest BCUT2D eigenvalue weighted by Gasteiger charge is 2.07. The quantitative estimate of drug-likeness (QED) is 0.795. The molecule has 0 aliphatic heterocycles. The molecule has 0 amide bonds. The first-order valence-corrected chi connectivity index (χ1v) is 5.69. The van der Waals surface area contributed by atoms with Crippen molar-refractivity contribution in [3.63, 3.8) is 0 Å². The van der Waals surface area contributed by atoms with Gasteiger partial charge in [-0.2, -0.15) is 0 Å². The zero-order valence-electron chi connectivity index (χ0n) is 9.94. The van der Waals surface area contributed by atoms with E-state index in [0.717, 1.165) is 13.0 Å². The summed E-state index contributed by atoms with van der Waals surface area (Å²) in [4.78, 5) is 12.8. The third-order valence-electron chi connectivity index (χ3n) is 2.19. The predicted octanol–water partition coefficient (Wildman–Crippen LogP) is 2.37. The van der Waals surface area contributed by atoms with E-state index in [1.807, 2.05) is 14.1 Å². The van der Waals surface area contributed by atoms with Crippen molar-refractivity contribution >= 4 is 17.6 Å². The highest BCUT2D eigenvalue weighted by molar-refractivity contribution is 6.32. The van der Waals surface area contributed by atoms with Crippen LogP contribution in [0.25, 0.3) is 0 Å². The number of carbonyl (C=O) groups is 1. The predicted molar refractivity (Wildman–Crippen MR) is 67.1 cm³/mol. The third kappa shape index (κ3) is 4.63. The minimum Gasteiger partial charge on any atom is -0.492 e. The van der Waals surface area contributed by atoms with Crippen LogP contribution in [0.5, 0.6) is 5.75 Å². The molecule has 0 bridgehead atoms. The number of rotatable bonds is 6. The van der Waals surface area contributed by atoms with Gasteiger partial charge in [0.1, 0.15) is 5.75 Å². The molecule has 0 spiro atoms. The maximum atomic E-state index is 10.7. The van der Waals surface area contributed by atoms with Gasteiger partial charge in [0.05, 0.1) is 17.2 Å². The Morgan fingerprint density at radius 3 is 2.71 bits per heavy atom. The van der Waals surface area contributed by atoms with Gasteiger partial charge < -0.3 is 14.7 Å². The van der Waals surface area contributed by atoms with Crippen molar-refractivity contribution in [2.24, 2.45) is 0 Å². The highest BCUT2D eigenvalue weighted by atomic mass is 35.5. The van der Waals surface area contributed by atoms with Crippen LogP contribution in [0, 0.1) is 0 Å². The van der Waals surface area contributed by atoms with Gasteiger partial charge in [-0.3, -0.25) is 0 Å². The van der Waals surface area contributed by atoms with E-state index >= 15 is 0 Å². The number of carboxylic acids is 1. The molecule has 5 heteroatoms. The van der Waals surface area contributed by atoms with Crippen LogP contribution in [0.3, 0.4) is 0 Å². The lowest BCUT2D eigenvalue weighted by Crippen LogP contribution is -2.15. The molecule has 0 aliphatic rings. The third-order valence-corrected chi connectivity index (χ3v) is 2.48. The summed E-state index contributed by atoms with van der Waals surface area (Å²) in [6.07, 6.45) is 0.893. The first kappa shape index (κ1) is 13.8. The number of aromatic carboxylic acids is 1. The molecule has 0 saturated carbocycles. The Hall–Kier alpha value is -1.26. The topological polar surface area (TPSA) is 49.8 Å². The molecular formula is C12H16ClNO3. The molecule has 0 saturated heterocycles. The smallest absolute Gasteiger partial charge is 0.335 e. The average molecular weight is 258 g/mol. The minimum absolute atomic E-state index is 0.163. The van der Waals surface area contributed by atoms with E-state index in [-0.39, 0.29) is 5.56 Å². The maximum absolute atomic E-state index is 10.7. The SMILES string of the molecule is CN(C)CCCOc1ccc(C(=O)O)cc1Cl. The van der Waals surface area contributed by atoms with Gasteiger partial charge in [-0.25, -0.2) is 4.79 Å². The van der Waals surface area contributed by atoms with Crippen LogP contribution in [-0.4, -0.2) is 43.2 Å². The molecular weight excluding hydrogens is 242 g/mol. The van der Waals surface area contributed by atoms with E-state index in [2.05, 4.69) is 4.90 Å². The van der Waals surface area contributed by atoms with Crippen LogP contribution in [0.1, 0.15) is 16.8 Å². The zero-order valence-corrected chi connectivity index (χ0v) is 10.7. The Bertz CT molecular complexity index is 393. The van der Waals surface area contributed by atoms with Crippen LogP contribution < -0.4 is 4.74 Å². The van der Waals surface area contributed by atoms with Crippen LogP contribution in [0.15, 0.2) is 18.2 Å². The molecule has 1 aromatic carbocycles. The second-order valence-corrected chi connectivity index (χ2v) is 4.36. The molecule has 0 heterocycles. The molecule has 0 aliphatic carbocycles. The fourth-order valence-electron chi connectivity index (χ4n) is 1.31. The molecule has 1 N–H and O–H groups in total. The van der Waals surface area contributed by atoms with Gasteiger partial charge in [0.15, 0.2) is 0 Å². The molecule has 0 atom stereocenters. The number of ether oxygens (including phenoxy) is 1. The van der Waals surface area contributed by atoms with Crippen molar-refractivity contribution in [2.45, 2.75) is 6.42 Å². The zero-order chi connectivity index (χ0) is 12.8. The van der Waals surface area contributed by atoms with E-state index in [4.69, 9.17) is 21.4 Å². The number of hydrogen-bond acceptors (Lipinski definition) is 3.